The van der Waals surface area contributed by atoms with Gasteiger partial charge in [0, 0.05) is 11.6 Å². The van der Waals surface area contributed by atoms with Gasteiger partial charge in [0.25, 0.3) is 0 Å². The second kappa shape index (κ2) is 2.92. The van der Waals surface area contributed by atoms with E-state index in [1.54, 1.807) is 0 Å². The van der Waals surface area contributed by atoms with Crippen LogP contribution >= 0.6 is 0 Å². The van der Waals surface area contributed by atoms with Gasteiger partial charge >= 0.3 is 0 Å². The summed E-state index contributed by atoms with van der Waals surface area (Å²) < 4.78 is 26.1. The number of benzene rings is 1. The summed E-state index contributed by atoms with van der Waals surface area (Å²) in [6.07, 6.45) is 2.01. The standard InChI is InChI=1S/C10H11F2NO/c11-7-4-9(14)8(12)3-6(7)5-10(13)1-2-10/h3-4,14H,1-2,5,13H2. The van der Waals surface area contributed by atoms with Gasteiger partial charge in [-0.1, -0.05) is 0 Å². The smallest absolute Gasteiger partial charge is 0.165 e. The van der Waals surface area contributed by atoms with E-state index >= 15 is 0 Å². The number of nitrogens with two attached hydrogens (primary N) is 1. The van der Waals surface area contributed by atoms with E-state index in [0.29, 0.717) is 6.42 Å². The third-order valence-corrected chi connectivity index (χ3v) is 2.55. The first kappa shape index (κ1) is 9.40. The van der Waals surface area contributed by atoms with Gasteiger partial charge in [0.05, 0.1) is 0 Å². The molecule has 76 valence electrons. The Morgan fingerprint density at radius 2 is 1.93 bits per heavy atom. The van der Waals surface area contributed by atoms with Crippen molar-refractivity contribution in [1.29, 1.82) is 0 Å². The maximum atomic E-state index is 13.2. The van der Waals surface area contributed by atoms with Crippen LogP contribution in [0.1, 0.15) is 18.4 Å². The molecule has 0 spiro atoms. The van der Waals surface area contributed by atoms with Gasteiger partial charge in [0.15, 0.2) is 11.6 Å². The summed E-state index contributed by atoms with van der Waals surface area (Å²) in [4.78, 5) is 0. The van der Waals surface area contributed by atoms with Crippen LogP contribution in [-0.2, 0) is 6.42 Å². The van der Waals surface area contributed by atoms with Crippen molar-refractivity contribution in [3.05, 3.63) is 29.3 Å². The summed E-state index contributed by atoms with van der Waals surface area (Å²) in [7, 11) is 0. The van der Waals surface area contributed by atoms with E-state index < -0.39 is 17.4 Å². The highest BCUT2D eigenvalue weighted by Crippen LogP contribution is 2.36. The predicted molar refractivity (Wildman–Crippen MR) is 47.9 cm³/mol. The molecule has 0 aliphatic heterocycles. The molecule has 1 saturated carbocycles. The first-order valence-corrected chi connectivity index (χ1v) is 4.46. The van der Waals surface area contributed by atoms with Gasteiger partial charge < -0.3 is 10.8 Å². The van der Waals surface area contributed by atoms with Crippen molar-refractivity contribution in [2.45, 2.75) is 24.8 Å². The van der Waals surface area contributed by atoms with Crippen LogP contribution in [0, 0.1) is 11.6 Å². The van der Waals surface area contributed by atoms with E-state index in [-0.39, 0.29) is 11.1 Å². The Hall–Kier alpha value is -1.16. The maximum absolute atomic E-state index is 13.2. The van der Waals surface area contributed by atoms with Gasteiger partial charge in [0.1, 0.15) is 5.82 Å². The summed E-state index contributed by atoms with van der Waals surface area (Å²) in [5.41, 5.74) is 5.66. The van der Waals surface area contributed by atoms with Gasteiger partial charge in [-0.25, -0.2) is 8.78 Å². The maximum Gasteiger partial charge on any atom is 0.165 e. The summed E-state index contributed by atoms with van der Waals surface area (Å²) in [5, 5.41) is 8.89. The highest BCUT2D eigenvalue weighted by Gasteiger charge is 2.38. The van der Waals surface area contributed by atoms with Crippen LogP contribution in [0.25, 0.3) is 0 Å². The minimum Gasteiger partial charge on any atom is -0.505 e. The van der Waals surface area contributed by atoms with E-state index in [1.165, 1.54) is 0 Å². The quantitative estimate of drug-likeness (QED) is 0.761. The van der Waals surface area contributed by atoms with Crippen LogP contribution in [0.2, 0.25) is 0 Å². The fourth-order valence-corrected chi connectivity index (χ4v) is 1.43. The third-order valence-electron chi connectivity index (χ3n) is 2.55. The van der Waals surface area contributed by atoms with Crippen molar-refractivity contribution in [2.75, 3.05) is 0 Å². The molecule has 2 nitrogen and oxygen atoms in total. The molecule has 0 saturated heterocycles. The molecular weight excluding hydrogens is 188 g/mol. The number of phenolic OH excluding ortho intramolecular Hbond substituents is 1. The van der Waals surface area contributed by atoms with Crippen molar-refractivity contribution < 1.29 is 13.9 Å². The van der Waals surface area contributed by atoms with Crippen LogP contribution in [0.15, 0.2) is 12.1 Å². The zero-order valence-electron chi connectivity index (χ0n) is 7.56. The zero-order chi connectivity index (χ0) is 10.3. The number of halogens is 2. The van der Waals surface area contributed by atoms with Crippen molar-refractivity contribution in [3.63, 3.8) is 0 Å². The Labute approximate surface area is 80.4 Å². The molecular formula is C10H11F2NO. The molecule has 1 aliphatic rings. The summed E-state index contributed by atoms with van der Waals surface area (Å²) >= 11 is 0. The van der Waals surface area contributed by atoms with E-state index in [2.05, 4.69) is 0 Å². The zero-order valence-corrected chi connectivity index (χ0v) is 7.56. The lowest BCUT2D eigenvalue weighted by molar-refractivity contribution is 0.424. The van der Waals surface area contributed by atoms with E-state index in [0.717, 1.165) is 25.0 Å². The van der Waals surface area contributed by atoms with Gasteiger partial charge in [0.2, 0.25) is 0 Å². The monoisotopic (exact) mass is 199 g/mol. The molecule has 1 aromatic rings. The number of aromatic hydroxyl groups is 1. The van der Waals surface area contributed by atoms with Crippen molar-refractivity contribution >= 4 is 0 Å². The molecule has 3 N–H and O–H groups in total. The van der Waals surface area contributed by atoms with E-state index in [1.807, 2.05) is 0 Å². The van der Waals surface area contributed by atoms with Crippen molar-refractivity contribution in [1.82, 2.24) is 0 Å². The lowest BCUT2D eigenvalue weighted by Crippen LogP contribution is -2.25. The summed E-state index contributed by atoms with van der Waals surface area (Å²) in [6.45, 7) is 0. The normalized spacial score (nSPS) is 18.2. The molecule has 2 rings (SSSR count). The highest BCUT2D eigenvalue weighted by atomic mass is 19.1. The molecule has 0 heterocycles. The molecule has 0 radical (unpaired) electrons. The molecule has 0 atom stereocenters. The van der Waals surface area contributed by atoms with Gasteiger partial charge in [-0.05, 0) is 30.9 Å². The molecule has 0 amide bonds. The van der Waals surface area contributed by atoms with E-state index in [9.17, 15) is 8.78 Å². The minimum absolute atomic E-state index is 0.236. The van der Waals surface area contributed by atoms with Crippen LogP contribution in [0.5, 0.6) is 5.75 Å². The average molecular weight is 199 g/mol. The summed E-state index contributed by atoms with van der Waals surface area (Å²) in [5.74, 6) is -2.06. The molecule has 0 aromatic heterocycles. The number of hydrogen-bond donors (Lipinski definition) is 2. The Bertz CT molecular complexity index is 375. The van der Waals surface area contributed by atoms with Gasteiger partial charge in [-0.3, -0.25) is 0 Å². The SMILES string of the molecule is NC1(Cc2cc(F)c(O)cc2F)CC1. The number of rotatable bonds is 2. The Morgan fingerprint density at radius 3 is 2.50 bits per heavy atom. The number of phenols is 1. The Morgan fingerprint density at radius 1 is 1.29 bits per heavy atom. The van der Waals surface area contributed by atoms with Crippen LogP contribution < -0.4 is 5.73 Å². The average Bonchev–Trinajstić information content (AvgIpc) is 2.80. The second-order valence-corrected chi connectivity index (χ2v) is 3.93. The molecule has 4 heteroatoms. The lowest BCUT2D eigenvalue weighted by atomic mass is 10.0. The first-order valence-electron chi connectivity index (χ1n) is 4.46. The number of hydrogen-bond acceptors (Lipinski definition) is 2. The largest absolute Gasteiger partial charge is 0.505 e. The Balaban J connectivity index is 2.29. The topological polar surface area (TPSA) is 46.2 Å². The molecule has 1 aliphatic carbocycles. The molecule has 0 unspecified atom stereocenters. The van der Waals surface area contributed by atoms with Gasteiger partial charge in [-0.2, -0.15) is 0 Å². The lowest BCUT2D eigenvalue weighted by Gasteiger charge is -2.09. The Kier molecular flexibility index (Phi) is 1.96. The van der Waals surface area contributed by atoms with E-state index in [4.69, 9.17) is 10.8 Å². The second-order valence-electron chi connectivity index (χ2n) is 3.93. The van der Waals surface area contributed by atoms with Crippen molar-refractivity contribution in [3.8, 4) is 5.75 Å². The van der Waals surface area contributed by atoms with Crippen LogP contribution in [-0.4, -0.2) is 10.6 Å². The highest BCUT2D eigenvalue weighted by molar-refractivity contribution is 5.31. The molecule has 1 fully saturated rings. The molecule has 14 heavy (non-hydrogen) atoms. The predicted octanol–water partition coefficient (Wildman–Crippen LogP) is 1.70. The van der Waals surface area contributed by atoms with Crippen LogP contribution in [0.3, 0.4) is 0 Å². The summed E-state index contributed by atoms with van der Waals surface area (Å²) in [6, 6.07) is 1.80. The minimum atomic E-state index is -0.800. The van der Waals surface area contributed by atoms with Gasteiger partial charge in [-0.15, -0.1) is 0 Å². The van der Waals surface area contributed by atoms with Crippen molar-refractivity contribution in [2.24, 2.45) is 5.73 Å². The van der Waals surface area contributed by atoms with Crippen LogP contribution in [0.4, 0.5) is 8.78 Å². The third kappa shape index (κ3) is 1.70. The first-order chi connectivity index (χ1) is 6.50. The molecule has 0 bridgehead atoms. The molecule has 1 aromatic carbocycles. The fraction of sp³-hybridized carbons (Fsp3) is 0.400. The fourth-order valence-electron chi connectivity index (χ4n) is 1.43.